The summed E-state index contributed by atoms with van der Waals surface area (Å²) in [5.41, 5.74) is 3.15. The van der Waals surface area contributed by atoms with Crippen LogP contribution in [0.2, 0.25) is 5.02 Å². The zero-order valence-electron chi connectivity index (χ0n) is 17.0. The number of hydrogen-bond acceptors (Lipinski definition) is 8. The van der Waals surface area contributed by atoms with Crippen LogP contribution in [0.3, 0.4) is 0 Å². The first kappa shape index (κ1) is 21.7. The van der Waals surface area contributed by atoms with Crippen molar-refractivity contribution in [3.63, 3.8) is 0 Å². The van der Waals surface area contributed by atoms with Crippen molar-refractivity contribution in [1.82, 2.24) is 15.2 Å². The third-order valence-electron chi connectivity index (χ3n) is 4.26. The maximum atomic E-state index is 5.88. The molecule has 0 radical (unpaired) electrons. The lowest BCUT2D eigenvalue weighted by atomic mass is 10.1. The van der Waals surface area contributed by atoms with Gasteiger partial charge in [0.15, 0.2) is 6.61 Å². The highest BCUT2D eigenvalue weighted by molar-refractivity contribution is 7.98. The Hall–Kier alpha value is -2.55. The number of halogens is 1. The number of rotatable bonds is 9. The molecule has 4 rings (SSSR count). The van der Waals surface area contributed by atoms with Crippen molar-refractivity contribution >= 4 is 34.7 Å². The van der Waals surface area contributed by atoms with Crippen molar-refractivity contribution in [1.29, 1.82) is 0 Å². The molecule has 0 fully saturated rings. The van der Waals surface area contributed by atoms with E-state index in [0.29, 0.717) is 28.5 Å². The number of aryl methyl sites for hydroxylation is 2. The summed E-state index contributed by atoms with van der Waals surface area (Å²) in [7, 11) is 0. The van der Waals surface area contributed by atoms with Crippen LogP contribution in [-0.2, 0) is 19.0 Å². The van der Waals surface area contributed by atoms with Crippen LogP contribution in [0.15, 0.2) is 57.5 Å². The summed E-state index contributed by atoms with van der Waals surface area (Å²) in [6.07, 6.45) is 0. The van der Waals surface area contributed by atoms with Gasteiger partial charge in [-0.2, -0.15) is 0 Å². The van der Waals surface area contributed by atoms with E-state index in [1.165, 1.54) is 11.8 Å². The van der Waals surface area contributed by atoms with Gasteiger partial charge in [-0.1, -0.05) is 35.5 Å². The normalized spacial score (nSPS) is 10.9. The molecule has 0 N–H and O–H groups in total. The molecule has 0 saturated heterocycles. The number of nitrogens with zero attached hydrogens (tertiary/aromatic N) is 3. The Balaban J connectivity index is 1.25. The molecule has 0 amide bonds. The maximum absolute atomic E-state index is 5.88. The highest BCUT2D eigenvalue weighted by atomic mass is 35.5. The second-order valence-electron chi connectivity index (χ2n) is 6.78. The maximum Gasteiger partial charge on any atom is 0.277 e. The topological polar surface area (TPSA) is 70.3 Å². The number of hydrogen-bond donors (Lipinski definition) is 0. The van der Waals surface area contributed by atoms with E-state index in [-0.39, 0.29) is 6.61 Å². The van der Waals surface area contributed by atoms with Gasteiger partial charge in [-0.05, 0) is 55.3 Å². The van der Waals surface area contributed by atoms with E-state index in [1.807, 2.05) is 43.5 Å². The molecule has 0 unspecified atom stereocenters. The Bertz CT molecular complexity index is 1150. The summed E-state index contributed by atoms with van der Waals surface area (Å²) < 4.78 is 17.2. The predicted molar refractivity (Wildman–Crippen MR) is 122 cm³/mol. The molecule has 9 heteroatoms. The molecule has 0 aliphatic heterocycles. The SMILES string of the molecule is Cc1ccc(C)c(OCc2nnc(SCc3csc(COc4ccc(Cl)cc4)n3)o2)c1. The molecule has 0 aliphatic carbocycles. The van der Waals surface area contributed by atoms with Crippen LogP contribution >= 0.6 is 34.7 Å². The van der Waals surface area contributed by atoms with Crippen LogP contribution < -0.4 is 9.47 Å². The van der Waals surface area contributed by atoms with Crippen LogP contribution in [0.1, 0.15) is 27.7 Å². The Morgan fingerprint density at radius 3 is 2.71 bits per heavy atom. The first-order valence-corrected chi connectivity index (χ1v) is 11.8. The molecule has 4 aromatic rings. The Labute approximate surface area is 193 Å². The van der Waals surface area contributed by atoms with Crippen molar-refractivity contribution in [3.05, 3.63) is 80.6 Å². The van der Waals surface area contributed by atoms with E-state index in [4.69, 9.17) is 25.5 Å². The molecule has 2 heterocycles. The van der Waals surface area contributed by atoms with Crippen molar-refractivity contribution in [2.45, 2.75) is 38.0 Å². The molecule has 0 aliphatic rings. The lowest BCUT2D eigenvalue weighted by Crippen LogP contribution is -1.97. The number of thiazole rings is 1. The molecule has 0 spiro atoms. The van der Waals surface area contributed by atoms with Crippen LogP contribution in [-0.4, -0.2) is 15.2 Å². The molecule has 0 saturated carbocycles. The molecular weight excluding hydrogens is 454 g/mol. The molecular formula is C22H20ClN3O3S2. The first-order chi connectivity index (χ1) is 15.0. The van der Waals surface area contributed by atoms with Gasteiger partial charge in [0.1, 0.15) is 23.1 Å². The molecule has 2 aromatic heterocycles. The van der Waals surface area contributed by atoms with Gasteiger partial charge in [0.05, 0.1) is 5.69 Å². The van der Waals surface area contributed by atoms with E-state index < -0.39 is 0 Å². The van der Waals surface area contributed by atoms with Gasteiger partial charge < -0.3 is 13.9 Å². The van der Waals surface area contributed by atoms with Crippen molar-refractivity contribution in [2.75, 3.05) is 0 Å². The second-order valence-corrected chi connectivity index (χ2v) is 9.09. The van der Waals surface area contributed by atoms with Crippen molar-refractivity contribution < 1.29 is 13.9 Å². The van der Waals surface area contributed by atoms with Gasteiger partial charge in [-0.25, -0.2) is 4.98 Å². The number of thioether (sulfide) groups is 1. The average Bonchev–Trinajstić information content (AvgIpc) is 3.42. The van der Waals surface area contributed by atoms with Crippen LogP contribution in [0.25, 0.3) is 0 Å². The number of aromatic nitrogens is 3. The van der Waals surface area contributed by atoms with E-state index >= 15 is 0 Å². The van der Waals surface area contributed by atoms with Crippen molar-refractivity contribution in [2.24, 2.45) is 0 Å². The molecule has 0 bridgehead atoms. The summed E-state index contributed by atoms with van der Waals surface area (Å²) >= 11 is 8.89. The van der Waals surface area contributed by atoms with E-state index in [0.717, 1.165) is 33.3 Å². The third-order valence-corrected chi connectivity index (χ3v) is 6.24. The van der Waals surface area contributed by atoms with Gasteiger partial charge in [-0.15, -0.1) is 21.5 Å². The third kappa shape index (κ3) is 6.22. The van der Waals surface area contributed by atoms with Gasteiger partial charge in [0.25, 0.3) is 11.1 Å². The molecule has 6 nitrogen and oxygen atoms in total. The lowest BCUT2D eigenvalue weighted by Gasteiger charge is -2.07. The quantitative estimate of drug-likeness (QED) is 0.266. The van der Waals surface area contributed by atoms with Crippen LogP contribution in [0, 0.1) is 13.8 Å². The standard InChI is InChI=1S/C22H20ClN3O3S2/c1-14-3-4-15(2)19(9-14)28-10-20-25-26-22(29-20)31-13-17-12-30-21(24-17)11-27-18-7-5-16(23)6-8-18/h3-9,12H,10-11,13H2,1-2H3. The largest absolute Gasteiger partial charge is 0.486 e. The monoisotopic (exact) mass is 473 g/mol. The molecule has 31 heavy (non-hydrogen) atoms. The Morgan fingerprint density at radius 1 is 1.03 bits per heavy atom. The zero-order chi connectivity index (χ0) is 21.6. The van der Waals surface area contributed by atoms with Gasteiger partial charge in [-0.3, -0.25) is 0 Å². The minimum atomic E-state index is 0.237. The van der Waals surface area contributed by atoms with Crippen LogP contribution in [0.4, 0.5) is 0 Å². The van der Waals surface area contributed by atoms with E-state index in [2.05, 4.69) is 21.2 Å². The summed E-state index contributed by atoms with van der Waals surface area (Å²) in [6, 6.07) is 13.4. The van der Waals surface area contributed by atoms with Gasteiger partial charge in [0, 0.05) is 16.2 Å². The second kappa shape index (κ2) is 10.2. The molecule has 160 valence electrons. The molecule has 2 aromatic carbocycles. The molecule has 0 atom stereocenters. The smallest absolute Gasteiger partial charge is 0.277 e. The number of benzene rings is 2. The van der Waals surface area contributed by atoms with E-state index in [9.17, 15) is 0 Å². The summed E-state index contributed by atoms with van der Waals surface area (Å²) in [4.78, 5) is 4.59. The minimum absolute atomic E-state index is 0.237. The first-order valence-electron chi connectivity index (χ1n) is 9.52. The fourth-order valence-corrected chi connectivity index (χ4v) is 4.26. The average molecular weight is 474 g/mol. The highest BCUT2D eigenvalue weighted by Crippen LogP contribution is 2.25. The Kier molecular flexibility index (Phi) is 7.11. The lowest BCUT2D eigenvalue weighted by molar-refractivity contribution is 0.250. The summed E-state index contributed by atoms with van der Waals surface area (Å²) in [6.45, 7) is 4.69. The fraction of sp³-hybridized carbons (Fsp3) is 0.227. The van der Waals surface area contributed by atoms with E-state index in [1.54, 1.807) is 23.5 Å². The minimum Gasteiger partial charge on any atom is -0.486 e. The highest BCUT2D eigenvalue weighted by Gasteiger charge is 2.11. The predicted octanol–water partition coefficient (Wildman–Crippen LogP) is 6.25. The number of ether oxygens (including phenoxy) is 2. The van der Waals surface area contributed by atoms with Crippen LogP contribution in [0.5, 0.6) is 11.5 Å². The summed E-state index contributed by atoms with van der Waals surface area (Å²) in [5.74, 6) is 2.66. The zero-order valence-corrected chi connectivity index (χ0v) is 19.4. The Morgan fingerprint density at radius 2 is 1.87 bits per heavy atom. The van der Waals surface area contributed by atoms with Gasteiger partial charge >= 0.3 is 0 Å². The fourth-order valence-electron chi connectivity index (χ4n) is 2.65. The summed E-state index contributed by atoms with van der Waals surface area (Å²) in [5, 5.41) is 12.2. The van der Waals surface area contributed by atoms with Crippen molar-refractivity contribution in [3.8, 4) is 11.5 Å². The van der Waals surface area contributed by atoms with Gasteiger partial charge in [0.2, 0.25) is 0 Å².